The number of aryl methyl sites for hydroxylation is 2. The lowest BCUT2D eigenvalue weighted by Crippen LogP contribution is -2.35. The van der Waals surface area contributed by atoms with E-state index in [1.807, 2.05) is 6.92 Å². The molecule has 0 radical (unpaired) electrons. The number of benzene rings is 1. The molecule has 3 heterocycles. The van der Waals surface area contributed by atoms with Gasteiger partial charge in [-0.2, -0.15) is 5.10 Å². The summed E-state index contributed by atoms with van der Waals surface area (Å²) in [4.78, 5) is 27.3. The minimum absolute atomic E-state index is 0.275. The first-order valence-electron chi connectivity index (χ1n) is 14.1. The van der Waals surface area contributed by atoms with Crippen LogP contribution in [-0.4, -0.2) is 56.7 Å². The topological polar surface area (TPSA) is 67.2 Å². The van der Waals surface area contributed by atoms with Crippen molar-refractivity contribution < 1.29 is 9.18 Å². The predicted octanol–water partition coefficient (Wildman–Crippen LogP) is 5.61. The van der Waals surface area contributed by atoms with E-state index in [1.165, 1.54) is 37.8 Å². The van der Waals surface area contributed by atoms with E-state index in [0.717, 1.165) is 91.7 Å². The second kappa shape index (κ2) is 11.6. The van der Waals surface area contributed by atoms with Gasteiger partial charge in [0.15, 0.2) is 5.65 Å². The van der Waals surface area contributed by atoms with Gasteiger partial charge in [-0.3, -0.25) is 4.79 Å². The Balaban J connectivity index is 1.41. The van der Waals surface area contributed by atoms with E-state index in [1.54, 1.807) is 16.8 Å². The van der Waals surface area contributed by atoms with Gasteiger partial charge in [0.2, 0.25) is 5.91 Å². The van der Waals surface area contributed by atoms with Crippen LogP contribution in [0.3, 0.4) is 0 Å². The van der Waals surface area contributed by atoms with Crippen LogP contribution in [0.1, 0.15) is 76.2 Å². The number of aromatic nitrogens is 4. The molecule has 0 spiro atoms. The standard InChI is InChI=1S/C29H39FN6O/c1-3-4-10-25-31-28(27-21(2)33-36(29(27)32-25)24-14-12-23(30)13-15-24)35-18-7-17-34(19-20-35)26(37)16-11-22-8-5-6-9-22/h12-15,22H,3-11,16-20H2,1-2H3. The van der Waals surface area contributed by atoms with Gasteiger partial charge in [0, 0.05) is 39.0 Å². The van der Waals surface area contributed by atoms with Crippen LogP contribution in [0.2, 0.25) is 0 Å². The summed E-state index contributed by atoms with van der Waals surface area (Å²) in [6, 6.07) is 6.36. The van der Waals surface area contributed by atoms with Crippen molar-refractivity contribution in [3.8, 4) is 5.69 Å². The molecule has 0 atom stereocenters. The second-order valence-corrected chi connectivity index (χ2v) is 10.6. The number of carbonyl (C=O) groups is 1. The van der Waals surface area contributed by atoms with Crippen molar-refractivity contribution in [2.75, 3.05) is 31.1 Å². The summed E-state index contributed by atoms with van der Waals surface area (Å²) in [5.41, 5.74) is 2.39. The van der Waals surface area contributed by atoms with Gasteiger partial charge in [-0.15, -0.1) is 0 Å². The highest BCUT2D eigenvalue weighted by Gasteiger charge is 2.25. The van der Waals surface area contributed by atoms with Crippen molar-refractivity contribution >= 4 is 22.8 Å². The van der Waals surface area contributed by atoms with Gasteiger partial charge in [-0.25, -0.2) is 19.0 Å². The Morgan fingerprint density at radius 2 is 1.81 bits per heavy atom. The number of hydrogen-bond donors (Lipinski definition) is 0. The SMILES string of the molecule is CCCCc1nc(N2CCCN(C(=O)CCC3CCCC3)CC2)c2c(C)nn(-c3ccc(F)cc3)c2n1. The number of carbonyl (C=O) groups excluding carboxylic acids is 1. The fourth-order valence-corrected chi connectivity index (χ4v) is 5.81. The van der Waals surface area contributed by atoms with Crippen LogP contribution in [0.5, 0.6) is 0 Å². The van der Waals surface area contributed by atoms with Gasteiger partial charge in [0.1, 0.15) is 17.5 Å². The molecule has 1 aliphatic heterocycles. The first-order valence-corrected chi connectivity index (χ1v) is 14.1. The molecule has 5 rings (SSSR count). The highest BCUT2D eigenvalue weighted by atomic mass is 19.1. The highest BCUT2D eigenvalue weighted by Crippen LogP contribution is 2.31. The summed E-state index contributed by atoms with van der Waals surface area (Å²) in [5, 5.41) is 5.73. The van der Waals surface area contributed by atoms with Crippen molar-refractivity contribution in [1.82, 2.24) is 24.6 Å². The summed E-state index contributed by atoms with van der Waals surface area (Å²) in [7, 11) is 0. The summed E-state index contributed by atoms with van der Waals surface area (Å²) in [6.45, 7) is 7.24. The number of anilines is 1. The van der Waals surface area contributed by atoms with E-state index in [9.17, 15) is 9.18 Å². The number of halogens is 1. The Labute approximate surface area is 219 Å². The predicted molar refractivity (Wildman–Crippen MR) is 145 cm³/mol. The van der Waals surface area contributed by atoms with Gasteiger partial charge in [0.05, 0.1) is 16.8 Å². The third-order valence-electron chi connectivity index (χ3n) is 7.94. The summed E-state index contributed by atoms with van der Waals surface area (Å²) in [6.07, 6.45) is 10.7. The van der Waals surface area contributed by atoms with E-state index in [-0.39, 0.29) is 5.82 Å². The van der Waals surface area contributed by atoms with Gasteiger partial charge in [-0.05, 0) is 56.4 Å². The number of unbranched alkanes of at least 4 members (excludes halogenated alkanes) is 1. The molecule has 1 saturated heterocycles. The largest absolute Gasteiger partial charge is 0.354 e. The van der Waals surface area contributed by atoms with Crippen LogP contribution in [0.15, 0.2) is 24.3 Å². The summed E-state index contributed by atoms with van der Waals surface area (Å²) < 4.78 is 15.4. The Morgan fingerprint density at radius 3 is 2.57 bits per heavy atom. The van der Waals surface area contributed by atoms with Crippen LogP contribution in [0.4, 0.5) is 10.2 Å². The molecule has 0 N–H and O–H groups in total. The molecule has 2 aliphatic rings. The lowest BCUT2D eigenvalue weighted by molar-refractivity contribution is -0.131. The first kappa shape index (κ1) is 25.6. The molecule has 198 valence electrons. The molecular weight excluding hydrogens is 467 g/mol. The van der Waals surface area contributed by atoms with Gasteiger partial charge in [-0.1, -0.05) is 39.0 Å². The van der Waals surface area contributed by atoms with E-state index >= 15 is 0 Å². The summed E-state index contributed by atoms with van der Waals surface area (Å²) >= 11 is 0. The normalized spacial score (nSPS) is 17.1. The molecule has 3 aromatic rings. The Hall–Kier alpha value is -3.03. The molecule has 7 nitrogen and oxygen atoms in total. The van der Waals surface area contributed by atoms with E-state index in [0.29, 0.717) is 18.9 Å². The van der Waals surface area contributed by atoms with Crippen LogP contribution < -0.4 is 4.90 Å². The van der Waals surface area contributed by atoms with Crippen LogP contribution in [-0.2, 0) is 11.2 Å². The molecular formula is C29H39FN6O. The maximum absolute atomic E-state index is 13.6. The minimum Gasteiger partial charge on any atom is -0.354 e. The quantitative estimate of drug-likeness (QED) is 0.397. The van der Waals surface area contributed by atoms with E-state index < -0.39 is 0 Å². The zero-order chi connectivity index (χ0) is 25.8. The van der Waals surface area contributed by atoms with Crippen molar-refractivity contribution in [3.63, 3.8) is 0 Å². The molecule has 1 aliphatic carbocycles. The third kappa shape index (κ3) is 5.78. The molecule has 1 aromatic carbocycles. The van der Waals surface area contributed by atoms with Gasteiger partial charge >= 0.3 is 0 Å². The summed E-state index contributed by atoms with van der Waals surface area (Å²) in [5.74, 6) is 2.47. The van der Waals surface area contributed by atoms with Crippen molar-refractivity contribution in [3.05, 3.63) is 41.6 Å². The van der Waals surface area contributed by atoms with E-state index in [4.69, 9.17) is 15.1 Å². The second-order valence-electron chi connectivity index (χ2n) is 10.6. The van der Waals surface area contributed by atoms with Crippen molar-refractivity contribution in [1.29, 1.82) is 0 Å². The maximum atomic E-state index is 13.6. The molecule has 0 unspecified atom stereocenters. The minimum atomic E-state index is -0.275. The average molecular weight is 507 g/mol. The highest BCUT2D eigenvalue weighted by molar-refractivity contribution is 5.91. The average Bonchev–Trinajstić information content (AvgIpc) is 3.46. The van der Waals surface area contributed by atoms with Crippen LogP contribution in [0, 0.1) is 18.7 Å². The molecule has 1 amide bonds. The van der Waals surface area contributed by atoms with Gasteiger partial charge in [0.25, 0.3) is 0 Å². The smallest absolute Gasteiger partial charge is 0.222 e. The molecule has 2 aromatic heterocycles. The molecule has 37 heavy (non-hydrogen) atoms. The van der Waals surface area contributed by atoms with Gasteiger partial charge < -0.3 is 9.80 Å². The molecule has 1 saturated carbocycles. The lowest BCUT2D eigenvalue weighted by Gasteiger charge is -2.24. The maximum Gasteiger partial charge on any atom is 0.222 e. The number of fused-ring (bicyclic) bond motifs is 1. The number of amides is 1. The zero-order valence-corrected chi connectivity index (χ0v) is 22.3. The van der Waals surface area contributed by atoms with Crippen molar-refractivity contribution in [2.45, 2.75) is 78.1 Å². The van der Waals surface area contributed by atoms with Crippen LogP contribution >= 0.6 is 0 Å². The number of rotatable bonds is 8. The third-order valence-corrected chi connectivity index (χ3v) is 7.94. The molecule has 2 fully saturated rings. The monoisotopic (exact) mass is 506 g/mol. The Morgan fingerprint density at radius 1 is 1.03 bits per heavy atom. The Bertz CT molecular complexity index is 1220. The molecule has 0 bridgehead atoms. The number of nitrogens with zero attached hydrogens (tertiary/aromatic N) is 6. The Kier molecular flexibility index (Phi) is 8.01. The fraction of sp³-hybridized carbons (Fsp3) is 0.586. The first-order chi connectivity index (χ1) is 18.0. The van der Waals surface area contributed by atoms with Crippen LogP contribution in [0.25, 0.3) is 16.7 Å². The number of hydrogen-bond acceptors (Lipinski definition) is 5. The fourth-order valence-electron chi connectivity index (χ4n) is 5.81. The van der Waals surface area contributed by atoms with E-state index in [2.05, 4.69) is 16.7 Å². The molecule has 8 heteroatoms. The zero-order valence-electron chi connectivity index (χ0n) is 22.3. The lowest BCUT2D eigenvalue weighted by atomic mass is 10.0. The van der Waals surface area contributed by atoms with Crippen molar-refractivity contribution in [2.24, 2.45) is 5.92 Å².